The van der Waals surface area contributed by atoms with Gasteiger partial charge >= 0.3 is 0 Å². The number of aromatic amines is 1. The molecule has 1 aliphatic heterocycles. The molecular formula is C20H23ClN6O2. The van der Waals surface area contributed by atoms with Gasteiger partial charge in [0.1, 0.15) is 5.56 Å². The normalized spacial score (nSPS) is 14.2. The highest BCUT2D eigenvalue weighted by Gasteiger charge is 2.22. The summed E-state index contributed by atoms with van der Waals surface area (Å²) in [7, 11) is 1.73. The van der Waals surface area contributed by atoms with Crippen LogP contribution in [0.2, 0.25) is 0 Å². The molecule has 3 heterocycles. The van der Waals surface area contributed by atoms with E-state index in [1.807, 2.05) is 30.3 Å². The number of rotatable bonds is 4. The van der Waals surface area contributed by atoms with Gasteiger partial charge in [-0.3, -0.25) is 14.9 Å². The summed E-state index contributed by atoms with van der Waals surface area (Å²) in [5.74, 6) is 0.845. The van der Waals surface area contributed by atoms with Crippen LogP contribution in [0.5, 0.6) is 0 Å². The monoisotopic (exact) mass is 414 g/mol. The molecule has 1 aromatic carbocycles. The molecule has 0 aliphatic carbocycles. The van der Waals surface area contributed by atoms with Crippen molar-refractivity contribution >= 4 is 24.3 Å². The first kappa shape index (κ1) is 20.8. The molecule has 0 spiro atoms. The van der Waals surface area contributed by atoms with Crippen molar-refractivity contribution in [3.05, 3.63) is 64.2 Å². The van der Waals surface area contributed by atoms with Crippen LogP contribution in [0, 0.1) is 0 Å². The summed E-state index contributed by atoms with van der Waals surface area (Å²) in [6, 6.07) is 12.7. The van der Waals surface area contributed by atoms with Gasteiger partial charge in [0.25, 0.3) is 11.5 Å². The first-order chi connectivity index (χ1) is 13.6. The zero-order valence-corrected chi connectivity index (χ0v) is 16.8. The maximum absolute atomic E-state index is 12.6. The number of aryl methyl sites for hydroxylation is 1. The summed E-state index contributed by atoms with van der Waals surface area (Å²) in [4.78, 5) is 32.3. The minimum absolute atomic E-state index is 0. The quantitative estimate of drug-likeness (QED) is 0.607. The summed E-state index contributed by atoms with van der Waals surface area (Å²) in [6.45, 7) is 1.88. The largest absolute Gasteiger partial charge is 0.321 e. The summed E-state index contributed by atoms with van der Waals surface area (Å²) >= 11 is 0. The van der Waals surface area contributed by atoms with Gasteiger partial charge in [-0.2, -0.15) is 10.1 Å². The second-order valence-corrected chi connectivity index (χ2v) is 6.88. The van der Waals surface area contributed by atoms with Crippen molar-refractivity contribution in [2.75, 3.05) is 18.4 Å². The Kier molecular flexibility index (Phi) is 6.46. The fraction of sp³-hybridized carbons (Fsp3) is 0.300. The summed E-state index contributed by atoms with van der Waals surface area (Å²) in [5, 5.41) is 10.4. The third kappa shape index (κ3) is 4.55. The number of aromatic nitrogens is 4. The van der Waals surface area contributed by atoms with Crippen molar-refractivity contribution in [2.45, 2.75) is 18.8 Å². The predicted octanol–water partition coefficient (Wildman–Crippen LogP) is 2.31. The SMILES string of the molecule is Cl.Cn1nc(C2CCNCC2)nc1NC(=O)c1ccc(-c2ccccc2)[nH]c1=O. The van der Waals surface area contributed by atoms with Gasteiger partial charge in [-0.25, -0.2) is 4.68 Å². The number of benzene rings is 1. The molecule has 0 atom stereocenters. The highest BCUT2D eigenvalue weighted by molar-refractivity contribution is 6.03. The maximum Gasteiger partial charge on any atom is 0.263 e. The molecule has 1 fully saturated rings. The van der Waals surface area contributed by atoms with Gasteiger partial charge in [0.05, 0.1) is 0 Å². The Balaban J connectivity index is 0.00000240. The number of carbonyl (C=O) groups is 1. The maximum atomic E-state index is 12.6. The Hall–Kier alpha value is -2.97. The number of hydrogen-bond donors (Lipinski definition) is 3. The van der Waals surface area contributed by atoms with E-state index in [0.717, 1.165) is 37.3 Å². The van der Waals surface area contributed by atoms with Crippen LogP contribution >= 0.6 is 12.4 Å². The summed E-state index contributed by atoms with van der Waals surface area (Å²) < 4.78 is 1.54. The van der Waals surface area contributed by atoms with Crippen LogP contribution in [0.4, 0.5) is 5.95 Å². The second-order valence-electron chi connectivity index (χ2n) is 6.88. The molecule has 2 aromatic heterocycles. The van der Waals surface area contributed by atoms with Crippen LogP contribution in [0.25, 0.3) is 11.3 Å². The van der Waals surface area contributed by atoms with Gasteiger partial charge in [-0.1, -0.05) is 30.3 Å². The number of nitrogens with zero attached hydrogens (tertiary/aromatic N) is 3. The van der Waals surface area contributed by atoms with Crippen molar-refractivity contribution < 1.29 is 4.79 Å². The van der Waals surface area contributed by atoms with E-state index in [0.29, 0.717) is 11.6 Å². The first-order valence-corrected chi connectivity index (χ1v) is 9.33. The fourth-order valence-electron chi connectivity index (χ4n) is 3.37. The van der Waals surface area contributed by atoms with Crippen LogP contribution in [0.1, 0.15) is 34.9 Å². The number of pyridine rings is 1. The number of nitrogens with one attached hydrogen (secondary N) is 3. The van der Waals surface area contributed by atoms with Crippen LogP contribution in [0.3, 0.4) is 0 Å². The lowest BCUT2D eigenvalue weighted by Crippen LogP contribution is -2.27. The predicted molar refractivity (Wildman–Crippen MR) is 114 cm³/mol. The highest BCUT2D eigenvalue weighted by Crippen LogP contribution is 2.23. The number of halogens is 1. The number of carbonyl (C=O) groups excluding carboxylic acids is 1. The average molecular weight is 415 g/mol. The minimum atomic E-state index is -0.506. The standard InChI is InChI=1S/C20H22N6O2.ClH/c1-26-20(23-17(25-26)14-9-11-21-12-10-14)24-19(28)15-7-8-16(22-18(15)27)13-5-3-2-4-6-13;/h2-8,14,21H,9-12H2,1H3,(H,22,27)(H,23,24,25,28);1H. The van der Waals surface area contributed by atoms with Gasteiger partial charge in [0.15, 0.2) is 5.82 Å². The average Bonchev–Trinajstić information content (AvgIpc) is 3.09. The number of hydrogen-bond acceptors (Lipinski definition) is 5. The molecule has 1 amide bonds. The van der Waals surface area contributed by atoms with Crippen LogP contribution in [-0.2, 0) is 7.05 Å². The smallest absolute Gasteiger partial charge is 0.263 e. The topological polar surface area (TPSA) is 105 Å². The molecule has 0 saturated carbocycles. The van der Waals surface area contributed by atoms with Crippen LogP contribution in [-0.4, -0.2) is 38.7 Å². The molecule has 0 bridgehead atoms. The Labute approximate surface area is 174 Å². The van der Waals surface area contributed by atoms with E-state index in [2.05, 4.69) is 25.7 Å². The molecule has 29 heavy (non-hydrogen) atoms. The highest BCUT2D eigenvalue weighted by atomic mass is 35.5. The van der Waals surface area contributed by atoms with E-state index in [9.17, 15) is 9.59 Å². The molecule has 0 unspecified atom stereocenters. The molecule has 1 aliphatic rings. The zero-order valence-electron chi connectivity index (χ0n) is 16.0. The molecule has 0 radical (unpaired) electrons. The summed E-state index contributed by atoms with van der Waals surface area (Å²) in [6.07, 6.45) is 1.94. The van der Waals surface area contributed by atoms with E-state index in [4.69, 9.17) is 0 Å². The lowest BCUT2D eigenvalue weighted by Gasteiger charge is -2.19. The van der Waals surface area contributed by atoms with E-state index in [1.54, 1.807) is 17.8 Å². The van der Waals surface area contributed by atoms with Gasteiger partial charge in [-0.05, 0) is 43.6 Å². The van der Waals surface area contributed by atoms with Crippen LogP contribution in [0.15, 0.2) is 47.3 Å². The first-order valence-electron chi connectivity index (χ1n) is 9.33. The molecule has 3 N–H and O–H groups in total. The Morgan fingerprint density at radius 2 is 1.86 bits per heavy atom. The van der Waals surface area contributed by atoms with Gasteiger partial charge in [-0.15, -0.1) is 12.4 Å². The lowest BCUT2D eigenvalue weighted by atomic mass is 9.98. The van der Waals surface area contributed by atoms with Crippen molar-refractivity contribution in [3.8, 4) is 11.3 Å². The van der Waals surface area contributed by atoms with E-state index in [1.165, 1.54) is 6.07 Å². The third-order valence-electron chi connectivity index (χ3n) is 4.95. The van der Waals surface area contributed by atoms with Crippen molar-refractivity contribution in [1.29, 1.82) is 0 Å². The van der Waals surface area contributed by atoms with Gasteiger partial charge in [0.2, 0.25) is 5.95 Å². The Bertz CT molecular complexity index is 1040. The molecule has 9 heteroatoms. The fourth-order valence-corrected chi connectivity index (χ4v) is 3.37. The summed E-state index contributed by atoms with van der Waals surface area (Å²) in [5.41, 5.74) is 1.13. The minimum Gasteiger partial charge on any atom is -0.321 e. The van der Waals surface area contributed by atoms with E-state index < -0.39 is 11.5 Å². The Morgan fingerprint density at radius 3 is 2.55 bits per heavy atom. The number of anilines is 1. The molecule has 4 rings (SSSR count). The third-order valence-corrected chi connectivity index (χ3v) is 4.95. The van der Waals surface area contributed by atoms with E-state index >= 15 is 0 Å². The number of amides is 1. The zero-order chi connectivity index (χ0) is 19.5. The van der Waals surface area contributed by atoms with Crippen molar-refractivity contribution in [3.63, 3.8) is 0 Å². The van der Waals surface area contributed by atoms with Crippen molar-refractivity contribution in [2.24, 2.45) is 7.05 Å². The second kappa shape index (κ2) is 9.02. The Morgan fingerprint density at radius 1 is 1.14 bits per heavy atom. The molecule has 8 nitrogen and oxygen atoms in total. The van der Waals surface area contributed by atoms with E-state index in [-0.39, 0.29) is 23.9 Å². The van der Waals surface area contributed by atoms with Gasteiger partial charge < -0.3 is 10.3 Å². The molecule has 3 aromatic rings. The number of H-pyrrole nitrogens is 1. The van der Waals surface area contributed by atoms with Crippen LogP contribution < -0.4 is 16.2 Å². The van der Waals surface area contributed by atoms with Crippen molar-refractivity contribution in [1.82, 2.24) is 25.1 Å². The molecular weight excluding hydrogens is 392 g/mol. The molecule has 152 valence electrons. The molecule has 1 saturated heterocycles. The number of piperidine rings is 1. The lowest BCUT2D eigenvalue weighted by molar-refractivity contribution is 0.102. The van der Waals surface area contributed by atoms with Gasteiger partial charge in [0, 0.05) is 18.7 Å².